The van der Waals surface area contributed by atoms with E-state index in [1.807, 2.05) is 0 Å². The number of ether oxygens (including phenoxy) is 1. The second-order valence-corrected chi connectivity index (χ2v) is 4.91. The highest BCUT2D eigenvalue weighted by molar-refractivity contribution is 4.99. The Hall–Kier alpha value is -0.940. The Morgan fingerprint density at radius 1 is 1.44 bits per heavy atom. The average Bonchev–Trinajstić information content (AvgIpc) is 3.10. The lowest BCUT2D eigenvalue weighted by atomic mass is 10.1. The number of likely N-dealkylation sites (N-methyl/N-ethyl adjacent to an activating group) is 1. The summed E-state index contributed by atoms with van der Waals surface area (Å²) >= 11 is 0. The van der Waals surface area contributed by atoms with Crippen LogP contribution in [0.3, 0.4) is 0 Å². The van der Waals surface area contributed by atoms with Crippen molar-refractivity contribution in [3.8, 4) is 0 Å². The van der Waals surface area contributed by atoms with Gasteiger partial charge in [0, 0.05) is 19.6 Å². The third kappa shape index (κ3) is 3.29. The van der Waals surface area contributed by atoms with Crippen LogP contribution in [0.1, 0.15) is 50.9 Å². The molecule has 2 unspecified atom stereocenters. The van der Waals surface area contributed by atoms with Crippen LogP contribution in [-0.2, 0) is 11.2 Å². The standard InChI is InChI=1S/C13H23N3O2/c1-4-10(14-5-2)8-11-15-13(16-18-11)12(17-3)9-6-7-9/h9-10,12,14H,4-8H2,1-3H3. The third-order valence-electron chi connectivity index (χ3n) is 3.45. The van der Waals surface area contributed by atoms with E-state index in [9.17, 15) is 0 Å². The SMILES string of the molecule is CCNC(CC)Cc1nc(C(OC)C2CC2)no1. The van der Waals surface area contributed by atoms with Crippen LogP contribution in [0.25, 0.3) is 0 Å². The fourth-order valence-electron chi connectivity index (χ4n) is 2.23. The normalized spacial score (nSPS) is 18.8. The molecule has 0 amide bonds. The molecule has 1 aromatic rings. The molecule has 1 N–H and O–H groups in total. The minimum Gasteiger partial charge on any atom is -0.373 e. The average molecular weight is 253 g/mol. The van der Waals surface area contributed by atoms with Gasteiger partial charge in [0.2, 0.25) is 11.7 Å². The zero-order chi connectivity index (χ0) is 13.0. The van der Waals surface area contributed by atoms with Crippen LogP contribution in [0, 0.1) is 5.92 Å². The Kier molecular flexibility index (Phi) is 4.72. The van der Waals surface area contributed by atoms with Gasteiger partial charge in [-0.1, -0.05) is 19.0 Å². The van der Waals surface area contributed by atoms with Gasteiger partial charge in [-0.05, 0) is 31.7 Å². The molecule has 0 aliphatic heterocycles. The van der Waals surface area contributed by atoms with E-state index in [2.05, 4.69) is 29.3 Å². The van der Waals surface area contributed by atoms with Gasteiger partial charge in [0.05, 0.1) is 0 Å². The Morgan fingerprint density at radius 2 is 2.22 bits per heavy atom. The smallest absolute Gasteiger partial charge is 0.228 e. The number of aromatic nitrogens is 2. The second-order valence-electron chi connectivity index (χ2n) is 4.91. The topological polar surface area (TPSA) is 60.2 Å². The Labute approximate surface area is 108 Å². The lowest BCUT2D eigenvalue weighted by molar-refractivity contribution is 0.0751. The molecule has 1 heterocycles. The molecule has 5 heteroatoms. The highest BCUT2D eigenvalue weighted by Crippen LogP contribution is 2.41. The first kappa shape index (κ1) is 13.5. The van der Waals surface area contributed by atoms with Crippen LogP contribution < -0.4 is 5.32 Å². The van der Waals surface area contributed by atoms with Crippen molar-refractivity contribution in [1.82, 2.24) is 15.5 Å². The number of rotatable bonds is 8. The molecule has 102 valence electrons. The van der Waals surface area contributed by atoms with E-state index in [0.717, 1.165) is 19.4 Å². The molecule has 2 rings (SSSR count). The summed E-state index contributed by atoms with van der Waals surface area (Å²) in [6, 6.07) is 0.408. The molecule has 0 radical (unpaired) electrons. The second kappa shape index (κ2) is 6.29. The molecule has 1 saturated carbocycles. The third-order valence-corrected chi connectivity index (χ3v) is 3.45. The molecule has 5 nitrogen and oxygen atoms in total. The van der Waals surface area contributed by atoms with Crippen molar-refractivity contribution in [3.63, 3.8) is 0 Å². The minimum absolute atomic E-state index is 0.0155. The zero-order valence-electron chi connectivity index (χ0n) is 11.5. The molecule has 0 saturated heterocycles. The minimum atomic E-state index is 0.0155. The lowest BCUT2D eigenvalue weighted by Crippen LogP contribution is -2.30. The molecular weight excluding hydrogens is 230 g/mol. The van der Waals surface area contributed by atoms with Crippen molar-refractivity contribution in [2.24, 2.45) is 5.92 Å². The quantitative estimate of drug-likeness (QED) is 0.768. The highest BCUT2D eigenvalue weighted by Gasteiger charge is 2.35. The van der Waals surface area contributed by atoms with Crippen molar-refractivity contribution >= 4 is 0 Å². The summed E-state index contributed by atoms with van der Waals surface area (Å²) in [4.78, 5) is 4.47. The molecule has 0 aromatic carbocycles. The fourth-order valence-corrected chi connectivity index (χ4v) is 2.23. The first-order valence-corrected chi connectivity index (χ1v) is 6.87. The summed E-state index contributed by atoms with van der Waals surface area (Å²) in [5.41, 5.74) is 0. The van der Waals surface area contributed by atoms with Gasteiger partial charge in [-0.15, -0.1) is 0 Å². The molecule has 2 atom stereocenters. The summed E-state index contributed by atoms with van der Waals surface area (Å²) in [5.74, 6) is 2.00. The van der Waals surface area contributed by atoms with E-state index >= 15 is 0 Å². The van der Waals surface area contributed by atoms with Crippen LogP contribution in [0.4, 0.5) is 0 Å². The highest BCUT2D eigenvalue weighted by atomic mass is 16.5. The van der Waals surface area contributed by atoms with Gasteiger partial charge < -0.3 is 14.6 Å². The Bertz CT molecular complexity index is 363. The number of methoxy groups -OCH3 is 1. The number of hydrogen-bond donors (Lipinski definition) is 1. The Morgan fingerprint density at radius 3 is 2.78 bits per heavy atom. The van der Waals surface area contributed by atoms with Crippen LogP contribution in [-0.4, -0.2) is 29.8 Å². The molecule has 1 aliphatic carbocycles. The number of nitrogens with one attached hydrogen (secondary N) is 1. The fraction of sp³-hybridized carbons (Fsp3) is 0.846. The lowest BCUT2D eigenvalue weighted by Gasteiger charge is -2.12. The number of nitrogens with zero attached hydrogens (tertiary/aromatic N) is 2. The largest absolute Gasteiger partial charge is 0.373 e. The van der Waals surface area contributed by atoms with Crippen molar-refractivity contribution in [1.29, 1.82) is 0 Å². The molecule has 1 aromatic heterocycles. The van der Waals surface area contributed by atoms with E-state index in [1.165, 1.54) is 12.8 Å². The van der Waals surface area contributed by atoms with E-state index in [0.29, 0.717) is 23.7 Å². The maximum atomic E-state index is 5.45. The van der Waals surface area contributed by atoms with Gasteiger partial charge in [0.1, 0.15) is 6.10 Å². The monoisotopic (exact) mass is 253 g/mol. The molecule has 1 fully saturated rings. The molecule has 18 heavy (non-hydrogen) atoms. The van der Waals surface area contributed by atoms with Gasteiger partial charge in [-0.3, -0.25) is 0 Å². The van der Waals surface area contributed by atoms with Crippen molar-refractivity contribution in [2.45, 2.75) is 51.7 Å². The van der Waals surface area contributed by atoms with Crippen LogP contribution in [0.5, 0.6) is 0 Å². The van der Waals surface area contributed by atoms with Crippen LogP contribution in [0.15, 0.2) is 4.52 Å². The maximum absolute atomic E-state index is 5.45. The first-order valence-electron chi connectivity index (χ1n) is 6.87. The summed E-state index contributed by atoms with van der Waals surface area (Å²) in [6.07, 6.45) is 4.27. The predicted octanol–water partition coefficient (Wildman–Crippen LogP) is 2.10. The Balaban J connectivity index is 1.96. The predicted molar refractivity (Wildman–Crippen MR) is 68.2 cm³/mol. The van der Waals surface area contributed by atoms with Gasteiger partial charge in [-0.2, -0.15) is 4.98 Å². The first-order chi connectivity index (χ1) is 8.78. The summed E-state index contributed by atoms with van der Waals surface area (Å²) in [7, 11) is 1.71. The molecule has 0 bridgehead atoms. The maximum Gasteiger partial charge on any atom is 0.228 e. The van der Waals surface area contributed by atoms with Crippen LogP contribution in [0.2, 0.25) is 0 Å². The van der Waals surface area contributed by atoms with Gasteiger partial charge in [0.15, 0.2) is 0 Å². The van der Waals surface area contributed by atoms with Crippen molar-refractivity contribution in [2.75, 3.05) is 13.7 Å². The van der Waals surface area contributed by atoms with Gasteiger partial charge in [-0.25, -0.2) is 0 Å². The van der Waals surface area contributed by atoms with Crippen molar-refractivity contribution in [3.05, 3.63) is 11.7 Å². The summed E-state index contributed by atoms with van der Waals surface area (Å²) < 4.78 is 10.8. The van der Waals surface area contributed by atoms with Gasteiger partial charge in [0.25, 0.3) is 0 Å². The molecular formula is C13H23N3O2. The molecule has 0 spiro atoms. The van der Waals surface area contributed by atoms with E-state index in [4.69, 9.17) is 9.26 Å². The van der Waals surface area contributed by atoms with Gasteiger partial charge >= 0.3 is 0 Å². The number of hydrogen-bond acceptors (Lipinski definition) is 5. The van der Waals surface area contributed by atoms with E-state index < -0.39 is 0 Å². The van der Waals surface area contributed by atoms with Crippen LogP contribution >= 0.6 is 0 Å². The summed E-state index contributed by atoms with van der Waals surface area (Å²) in [6.45, 7) is 5.23. The zero-order valence-corrected chi connectivity index (χ0v) is 11.5. The van der Waals surface area contributed by atoms with E-state index in [-0.39, 0.29) is 6.10 Å². The van der Waals surface area contributed by atoms with E-state index in [1.54, 1.807) is 7.11 Å². The summed E-state index contributed by atoms with van der Waals surface area (Å²) in [5, 5.41) is 7.47. The van der Waals surface area contributed by atoms with Crippen molar-refractivity contribution < 1.29 is 9.26 Å². The molecule has 1 aliphatic rings.